The summed E-state index contributed by atoms with van der Waals surface area (Å²) < 4.78 is 6.29. The molecule has 0 bridgehead atoms. The molecule has 0 saturated carbocycles. The molecule has 0 fully saturated rings. The Morgan fingerprint density at radius 3 is 2.60 bits per heavy atom. The van der Waals surface area contributed by atoms with Gasteiger partial charge < -0.3 is 4.42 Å². The lowest BCUT2D eigenvalue weighted by molar-refractivity contribution is 0.479. The summed E-state index contributed by atoms with van der Waals surface area (Å²) in [7, 11) is 0. The van der Waals surface area contributed by atoms with Crippen molar-refractivity contribution in [3.63, 3.8) is 0 Å². The Kier molecular flexibility index (Phi) is 2.08. The highest BCUT2D eigenvalue weighted by molar-refractivity contribution is 5.35. The van der Waals surface area contributed by atoms with Gasteiger partial charge in [0, 0.05) is 0 Å². The zero-order chi connectivity index (χ0) is 11.0. The van der Waals surface area contributed by atoms with E-state index in [1.54, 1.807) is 0 Å². The van der Waals surface area contributed by atoms with Crippen molar-refractivity contribution in [2.45, 2.75) is 6.92 Å². The van der Waals surface area contributed by atoms with Gasteiger partial charge in [0.15, 0.2) is 0 Å². The monoisotopic (exact) mass is 201 g/mol. The summed E-state index contributed by atoms with van der Waals surface area (Å²) in [4.78, 5) is 11.5. The van der Waals surface area contributed by atoms with Gasteiger partial charge >= 0.3 is 5.76 Å². The Morgan fingerprint density at radius 1 is 1.33 bits per heavy atom. The molecule has 3 heteroatoms. The summed E-state index contributed by atoms with van der Waals surface area (Å²) in [6, 6.07) is 7.57. The van der Waals surface area contributed by atoms with Crippen molar-refractivity contribution in [2.24, 2.45) is 0 Å². The maximum absolute atomic E-state index is 11.5. The number of benzene rings is 1. The minimum absolute atomic E-state index is 0.307. The average Bonchev–Trinajstić information content (AvgIpc) is 2.41. The third kappa shape index (κ3) is 1.52. The standard InChI is InChI=1S/C12H11NO2/c1-8-5-4-6-11(7-8)13-9(2)10(3)15-12(13)14/h4-7H,2-3H2,1H3. The summed E-state index contributed by atoms with van der Waals surface area (Å²) in [5, 5.41) is 0.491. The number of hydrogen-bond donors (Lipinski definition) is 0. The predicted molar refractivity (Wildman–Crippen MR) is 59.3 cm³/mol. The molecule has 0 amide bonds. The van der Waals surface area contributed by atoms with E-state index in [0.29, 0.717) is 10.8 Å². The lowest BCUT2D eigenvalue weighted by atomic mass is 10.2. The molecule has 0 N–H and O–H groups in total. The van der Waals surface area contributed by atoms with E-state index in [9.17, 15) is 4.79 Å². The summed E-state index contributed by atoms with van der Waals surface area (Å²) in [5.74, 6) is -0.449. The molecular formula is C12H11NO2. The van der Waals surface area contributed by atoms with Crippen molar-refractivity contribution in [1.29, 1.82) is 0 Å². The quantitative estimate of drug-likeness (QED) is 0.675. The first-order chi connectivity index (χ1) is 7.09. The molecule has 3 nitrogen and oxygen atoms in total. The minimum Gasteiger partial charge on any atom is -0.408 e. The lowest BCUT2D eigenvalue weighted by Crippen LogP contribution is -2.28. The molecule has 15 heavy (non-hydrogen) atoms. The van der Waals surface area contributed by atoms with E-state index in [-0.39, 0.29) is 0 Å². The Bertz CT molecular complexity index is 649. The summed E-state index contributed by atoms with van der Waals surface area (Å²) >= 11 is 0. The molecule has 1 heterocycles. The largest absolute Gasteiger partial charge is 0.424 e. The van der Waals surface area contributed by atoms with Crippen LogP contribution in [0.25, 0.3) is 18.8 Å². The molecule has 1 aromatic heterocycles. The number of rotatable bonds is 1. The van der Waals surface area contributed by atoms with E-state index >= 15 is 0 Å². The first-order valence-corrected chi connectivity index (χ1v) is 4.56. The van der Waals surface area contributed by atoms with Crippen molar-refractivity contribution >= 4 is 13.2 Å². The second-order valence-electron chi connectivity index (χ2n) is 3.41. The smallest absolute Gasteiger partial charge is 0.408 e. The van der Waals surface area contributed by atoms with E-state index in [1.807, 2.05) is 31.2 Å². The molecule has 1 aromatic carbocycles. The van der Waals surface area contributed by atoms with Crippen LogP contribution in [0.3, 0.4) is 0 Å². The van der Waals surface area contributed by atoms with Crippen LogP contribution in [0.4, 0.5) is 0 Å². The molecule has 2 rings (SSSR count). The highest BCUT2D eigenvalue weighted by Gasteiger charge is 2.04. The first kappa shape index (κ1) is 9.52. The van der Waals surface area contributed by atoms with Crippen LogP contribution in [0.15, 0.2) is 33.5 Å². The van der Waals surface area contributed by atoms with Gasteiger partial charge in [-0.25, -0.2) is 9.36 Å². The van der Waals surface area contributed by atoms with Crippen molar-refractivity contribution < 1.29 is 4.42 Å². The molecule has 0 atom stereocenters. The fourth-order valence-electron chi connectivity index (χ4n) is 1.47. The van der Waals surface area contributed by atoms with Gasteiger partial charge in [0.05, 0.1) is 11.0 Å². The summed E-state index contributed by atoms with van der Waals surface area (Å²) in [6.07, 6.45) is 0. The maximum Gasteiger partial charge on any atom is 0.424 e. The van der Waals surface area contributed by atoms with E-state index in [2.05, 4.69) is 13.2 Å². The van der Waals surface area contributed by atoms with E-state index < -0.39 is 5.76 Å². The zero-order valence-electron chi connectivity index (χ0n) is 8.49. The molecule has 0 aliphatic heterocycles. The van der Waals surface area contributed by atoms with Crippen LogP contribution in [0.2, 0.25) is 0 Å². The van der Waals surface area contributed by atoms with Crippen LogP contribution in [-0.2, 0) is 0 Å². The molecule has 0 spiro atoms. The van der Waals surface area contributed by atoms with Crippen LogP contribution in [-0.4, -0.2) is 4.57 Å². The molecule has 0 aliphatic rings. The van der Waals surface area contributed by atoms with Crippen LogP contribution in [0.5, 0.6) is 0 Å². The number of aromatic nitrogens is 1. The van der Waals surface area contributed by atoms with Crippen molar-refractivity contribution in [1.82, 2.24) is 4.57 Å². The zero-order valence-corrected chi connectivity index (χ0v) is 8.49. The SMILES string of the molecule is C=c1oc(=O)n(-c2cccc(C)c2)c1=C. The first-order valence-electron chi connectivity index (χ1n) is 4.56. The average molecular weight is 201 g/mol. The second kappa shape index (κ2) is 3.28. The van der Waals surface area contributed by atoms with E-state index in [0.717, 1.165) is 11.3 Å². The predicted octanol–water partition coefficient (Wildman–Crippen LogP) is 0.560. The molecule has 0 aliphatic carbocycles. The molecule has 76 valence electrons. The molecule has 0 unspecified atom stereocenters. The highest BCUT2D eigenvalue weighted by atomic mass is 16.4. The number of oxazole rings is 1. The van der Waals surface area contributed by atoms with Crippen molar-refractivity contribution in [2.75, 3.05) is 0 Å². The third-order valence-electron chi connectivity index (χ3n) is 2.24. The minimum atomic E-state index is -0.449. The number of hydrogen-bond acceptors (Lipinski definition) is 2. The third-order valence-corrected chi connectivity index (χ3v) is 2.24. The van der Waals surface area contributed by atoms with Gasteiger partial charge in [0.25, 0.3) is 0 Å². The summed E-state index contributed by atoms with van der Waals surface area (Å²) in [5.41, 5.74) is 2.13. The van der Waals surface area contributed by atoms with Crippen LogP contribution in [0.1, 0.15) is 5.56 Å². The maximum atomic E-state index is 11.5. The lowest BCUT2D eigenvalue weighted by Gasteiger charge is -2.00. The molecule has 2 aromatic rings. The van der Waals surface area contributed by atoms with Crippen molar-refractivity contribution in [3.8, 4) is 5.69 Å². The highest BCUT2D eigenvalue weighted by Crippen LogP contribution is 2.05. The second-order valence-corrected chi connectivity index (χ2v) is 3.41. The fraction of sp³-hybridized carbons (Fsp3) is 0.0833. The Hall–Kier alpha value is -2.03. The van der Waals surface area contributed by atoms with Gasteiger partial charge in [0.1, 0.15) is 5.42 Å². The van der Waals surface area contributed by atoms with E-state index in [1.165, 1.54) is 4.57 Å². The molecule has 0 saturated heterocycles. The van der Waals surface area contributed by atoms with Gasteiger partial charge in [0.2, 0.25) is 0 Å². The fourth-order valence-corrected chi connectivity index (χ4v) is 1.47. The van der Waals surface area contributed by atoms with Crippen LogP contribution in [0, 0.1) is 6.92 Å². The van der Waals surface area contributed by atoms with E-state index in [4.69, 9.17) is 4.42 Å². The van der Waals surface area contributed by atoms with Gasteiger partial charge in [-0.15, -0.1) is 0 Å². The van der Waals surface area contributed by atoms with Gasteiger partial charge in [-0.3, -0.25) is 0 Å². The van der Waals surface area contributed by atoms with Gasteiger partial charge in [-0.05, 0) is 24.6 Å². The van der Waals surface area contributed by atoms with Crippen LogP contribution >= 0.6 is 0 Å². The molecular weight excluding hydrogens is 190 g/mol. The topological polar surface area (TPSA) is 35.1 Å². The van der Waals surface area contributed by atoms with Gasteiger partial charge in [-0.2, -0.15) is 0 Å². The van der Waals surface area contributed by atoms with Crippen molar-refractivity contribution in [3.05, 3.63) is 51.1 Å². The number of aryl methyl sites for hydroxylation is 1. The summed E-state index contributed by atoms with van der Waals surface area (Å²) in [6.45, 7) is 9.31. The van der Waals surface area contributed by atoms with Crippen LogP contribution < -0.4 is 16.5 Å². The normalized spacial score (nSPS) is 10.5. The Labute approximate surface area is 86.6 Å². The van der Waals surface area contributed by atoms with Gasteiger partial charge in [-0.1, -0.05) is 25.3 Å². The number of nitrogens with zero attached hydrogens (tertiary/aromatic N) is 1. The Morgan fingerprint density at radius 2 is 2.07 bits per heavy atom. The molecule has 0 radical (unpaired) electrons. The Balaban J connectivity index is 2.80.